The lowest BCUT2D eigenvalue weighted by atomic mass is 10.2. The molecule has 0 saturated carbocycles. The zero-order valence-electron chi connectivity index (χ0n) is 10.3. The molecule has 0 amide bonds. The smallest absolute Gasteiger partial charge is 0.312 e. The minimum Gasteiger partial charge on any atom is -0.450 e. The minimum atomic E-state index is -0.648. The highest BCUT2D eigenvalue weighted by atomic mass is 79.9. The average molecular weight is 439 g/mol. The van der Waals surface area contributed by atoms with Crippen LogP contribution in [0.5, 0.6) is 11.5 Å². The molecule has 2 aromatic carbocycles. The van der Waals surface area contributed by atoms with E-state index in [1.54, 1.807) is 18.2 Å². The first-order chi connectivity index (χ1) is 9.92. The van der Waals surface area contributed by atoms with Gasteiger partial charge in [-0.15, -0.1) is 0 Å². The Morgan fingerprint density at radius 3 is 2.62 bits per heavy atom. The molecule has 0 unspecified atom stereocenters. The number of hydrogen-bond donors (Lipinski definition) is 0. The third-order valence-electron chi connectivity index (χ3n) is 2.58. The zero-order valence-corrected chi connectivity index (χ0v) is 14.2. The molecule has 2 aromatic rings. The molecule has 0 bridgehead atoms. The highest BCUT2D eigenvalue weighted by Gasteiger charge is 2.20. The van der Waals surface area contributed by atoms with E-state index in [1.807, 2.05) is 0 Å². The molecule has 0 aromatic heterocycles. The van der Waals surface area contributed by atoms with Crippen molar-refractivity contribution < 1.29 is 14.1 Å². The number of halogens is 4. The molecule has 0 spiro atoms. The van der Waals surface area contributed by atoms with Crippen molar-refractivity contribution in [2.75, 3.05) is 0 Å². The van der Waals surface area contributed by atoms with Crippen LogP contribution in [0.1, 0.15) is 5.56 Å². The number of ether oxygens (including phenoxy) is 1. The summed E-state index contributed by atoms with van der Waals surface area (Å²) in [6.07, 6.45) is 0. The standard InChI is InChI=1S/C13H7Br2ClFNO3/c14-6-7-3-8(16)1-2-12(7)21-13-5-10(17)9(15)4-11(13)18(19)20/h1-5H,6H2. The van der Waals surface area contributed by atoms with Crippen LogP contribution in [0.15, 0.2) is 34.8 Å². The van der Waals surface area contributed by atoms with Gasteiger partial charge in [0.25, 0.3) is 0 Å². The fraction of sp³-hybridized carbons (Fsp3) is 0.0769. The summed E-state index contributed by atoms with van der Waals surface area (Å²) >= 11 is 12.1. The predicted molar refractivity (Wildman–Crippen MR) is 84.9 cm³/mol. The first kappa shape index (κ1) is 16.2. The van der Waals surface area contributed by atoms with Gasteiger partial charge in [0.15, 0.2) is 0 Å². The van der Waals surface area contributed by atoms with Gasteiger partial charge in [0.05, 0.1) is 9.40 Å². The molecule has 21 heavy (non-hydrogen) atoms. The molecular weight excluding hydrogens is 432 g/mol. The molecular formula is C13H7Br2ClFNO3. The largest absolute Gasteiger partial charge is 0.450 e. The van der Waals surface area contributed by atoms with Gasteiger partial charge in [-0.25, -0.2) is 4.39 Å². The van der Waals surface area contributed by atoms with E-state index < -0.39 is 10.7 Å². The number of nitro groups is 1. The Balaban J connectivity index is 2.48. The first-order valence-corrected chi connectivity index (χ1v) is 7.87. The minimum absolute atomic E-state index is 0.00151. The molecule has 8 heteroatoms. The molecule has 0 aliphatic rings. The summed E-state index contributed by atoms with van der Waals surface area (Å²) in [5.41, 5.74) is 0.360. The van der Waals surface area contributed by atoms with E-state index in [0.29, 0.717) is 21.7 Å². The van der Waals surface area contributed by atoms with Crippen LogP contribution >= 0.6 is 43.5 Å². The number of rotatable bonds is 4. The second-order valence-corrected chi connectivity index (χ2v) is 5.83. The van der Waals surface area contributed by atoms with Crippen LogP contribution in [-0.4, -0.2) is 4.92 Å². The van der Waals surface area contributed by atoms with Gasteiger partial charge in [-0.3, -0.25) is 10.1 Å². The summed E-state index contributed by atoms with van der Waals surface area (Å²) in [5, 5.41) is 12.0. The third kappa shape index (κ3) is 3.72. The van der Waals surface area contributed by atoms with E-state index >= 15 is 0 Å². The van der Waals surface area contributed by atoms with Crippen molar-refractivity contribution >= 4 is 49.1 Å². The Morgan fingerprint density at radius 2 is 2.00 bits per heavy atom. The lowest BCUT2D eigenvalue weighted by Gasteiger charge is -2.11. The van der Waals surface area contributed by atoms with Crippen molar-refractivity contribution in [3.63, 3.8) is 0 Å². The van der Waals surface area contributed by atoms with Crippen LogP contribution in [0.3, 0.4) is 0 Å². The summed E-state index contributed by atoms with van der Waals surface area (Å²) in [5.74, 6) is -0.462. The fourth-order valence-corrected chi connectivity index (χ4v) is 2.58. The zero-order chi connectivity index (χ0) is 15.6. The maximum Gasteiger partial charge on any atom is 0.312 e. The molecule has 0 aliphatic heterocycles. The lowest BCUT2D eigenvalue weighted by molar-refractivity contribution is -0.385. The maximum absolute atomic E-state index is 13.6. The normalized spacial score (nSPS) is 10.5. The van der Waals surface area contributed by atoms with Gasteiger partial charge in [0, 0.05) is 28.0 Å². The SMILES string of the molecule is O=[N+]([O-])c1cc(Br)c(F)cc1Oc1ccc(Cl)cc1CBr. The molecule has 0 saturated heterocycles. The van der Waals surface area contributed by atoms with Crippen LogP contribution < -0.4 is 4.74 Å². The number of alkyl halides is 1. The maximum atomic E-state index is 13.6. The Bertz CT molecular complexity index is 712. The second kappa shape index (κ2) is 6.72. The fourth-order valence-electron chi connectivity index (χ4n) is 1.61. The number of nitro benzene ring substituents is 1. The van der Waals surface area contributed by atoms with Crippen molar-refractivity contribution in [2.45, 2.75) is 5.33 Å². The average Bonchev–Trinajstić information content (AvgIpc) is 2.44. The first-order valence-electron chi connectivity index (χ1n) is 5.58. The van der Waals surface area contributed by atoms with Crippen LogP contribution in [0, 0.1) is 15.9 Å². The van der Waals surface area contributed by atoms with E-state index in [4.69, 9.17) is 16.3 Å². The number of nitrogens with zero attached hydrogens (tertiary/aromatic N) is 1. The lowest BCUT2D eigenvalue weighted by Crippen LogP contribution is -1.97. The molecule has 0 N–H and O–H groups in total. The summed E-state index contributed by atoms with van der Waals surface area (Å²) in [6, 6.07) is 6.85. The number of hydrogen-bond acceptors (Lipinski definition) is 3. The van der Waals surface area contributed by atoms with E-state index in [9.17, 15) is 14.5 Å². The van der Waals surface area contributed by atoms with Gasteiger partial charge in [0.2, 0.25) is 5.75 Å². The van der Waals surface area contributed by atoms with E-state index in [1.165, 1.54) is 0 Å². The Hall–Kier alpha value is -1.18. The summed E-state index contributed by atoms with van der Waals surface area (Å²) in [7, 11) is 0. The molecule has 110 valence electrons. The van der Waals surface area contributed by atoms with Crippen LogP contribution in [0.4, 0.5) is 10.1 Å². The van der Waals surface area contributed by atoms with Crippen LogP contribution in [0.2, 0.25) is 5.02 Å². The highest BCUT2D eigenvalue weighted by Crippen LogP contribution is 2.37. The summed E-state index contributed by atoms with van der Waals surface area (Å²) in [4.78, 5) is 10.4. The molecule has 0 radical (unpaired) electrons. The summed E-state index contributed by atoms with van der Waals surface area (Å²) < 4.78 is 19.1. The van der Waals surface area contributed by atoms with Gasteiger partial charge < -0.3 is 4.74 Å². The van der Waals surface area contributed by atoms with E-state index in [-0.39, 0.29) is 15.9 Å². The van der Waals surface area contributed by atoms with Crippen molar-refractivity contribution in [2.24, 2.45) is 0 Å². The molecule has 0 atom stereocenters. The Labute approximate surface area is 141 Å². The molecule has 0 fully saturated rings. The number of benzene rings is 2. The molecule has 0 heterocycles. The van der Waals surface area contributed by atoms with Crippen molar-refractivity contribution in [1.82, 2.24) is 0 Å². The van der Waals surface area contributed by atoms with Crippen LogP contribution in [0.25, 0.3) is 0 Å². The van der Waals surface area contributed by atoms with E-state index in [0.717, 1.165) is 12.1 Å². The molecule has 2 rings (SSSR count). The van der Waals surface area contributed by atoms with Crippen molar-refractivity contribution in [3.8, 4) is 11.5 Å². The van der Waals surface area contributed by atoms with Crippen LogP contribution in [-0.2, 0) is 5.33 Å². The van der Waals surface area contributed by atoms with Gasteiger partial charge in [0.1, 0.15) is 11.6 Å². The third-order valence-corrected chi connectivity index (χ3v) is 4.03. The second-order valence-electron chi connectivity index (χ2n) is 3.98. The Morgan fingerprint density at radius 1 is 1.29 bits per heavy atom. The van der Waals surface area contributed by atoms with Gasteiger partial charge in [-0.05, 0) is 34.1 Å². The van der Waals surface area contributed by atoms with Gasteiger partial charge in [-0.1, -0.05) is 27.5 Å². The molecule has 4 nitrogen and oxygen atoms in total. The van der Waals surface area contributed by atoms with E-state index in [2.05, 4.69) is 31.9 Å². The quantitative estimate of drug-likeness (QED) is 0.342. The highest BCUT2D eigenvalue weighted by molar-refractivity contribution is 9.10. The predicted octanol–water partition coefficient (Wildman–Crippen LogP) is 5.84. The van der Waals surface area contributed by atoms with Gasteiger partial charge in [-0.2, -0.15) is 0 Å². The van der Waals surface area contributed by atoms with Gasteiger partial charge >= 0.3 is 5.69 Å². The molecule has 0 aliphatic carbocycles. The van der Waals surface area contributed by atoms with Crippen molar-refractivity contribution in [1.29, 1.82) is 0 Å². The van der Waals surface area contributed by atoms with Crippen molar-refractivity contribution in [3.05, 3.63) is 61.3 Å². The monoisotopic (exact) mass is 437 g/mol. The Kier molecular flexibility index (Phi) is 5.18. The topological polar surface area (TPSA) is 52.4 Å². The summed E-state index contributed by atoms with van der Waals surface area (Å²) in [6.45, 7) is 0.